The third-order valence-electron chi connectivity index (χ3n) is 5.31. The average Bonchev–Trinajstić information content (AvgIpc) is 2.94. The molecule has 1 aromatic rings. The van der Waals surface area contributed by atoms with Crippen LogP contribution in [0.2, 0.25) is 0 Å². The Kier molecular flexibility index (Phi) is 5.84. The van der Waals surface area contributed by atoms with Gasteiger partial charge in [0, 0.05) is 31.8 Å². The number of benzene rings is 1. The van der Waals surface area contributed by atoms with Gasteiger partial charge in [0.05, 0.1) is 0 Å². The summed E-state index contributed by atoms with van der Waals surface area (Å²) in [4.78, 5) is 36.8. The van der Waals surface area contributed by atoms with Gasteiger partial charge in [-0.1, -0.05) is 43.2 Å². The first-order valence-corrected chi connectivity index (χ1v) is 9.30. The molecular weight excluding hydrogens is 316 g/mol. The number of nitrogens with zero attached hydrogens (tertiary/aromatic N) is 1. The van der Waals surface area contributed by atoms with Crippen LogP contribution in [0.1, 0.15) is 50.5 Å². The topological polar surface area (TPSA) is 66.5 Å². The predicted molar refractivity (Wildman–Crippen MR) is 94.6 cm³/mol. The Balaban J connectivity index is 1.51. The highest BCUT2D eigenvalue weighted by atomic mass is 16.2. The van der Waals surface area contributed by atoms with E-state index in [-0.39, 0.29) is 49.6 Å². The second-order valence-electron chi connectivity index (χ2n) is 7.10. The van der Waals surface area contributed by atoms with E-state index in [4.69, 9.17) is 0 Å². The maximum atomic E-state index is 12.3. The van der Waals surface area contributed by atoms with Crippen molar-refractivity contribution in [1.82, 2.24) is 10.2 Å². The van der Waals surface area contributed by atoms with E-state index in [2.05, 4.69) is 29.6 Å². The Hall–Kier alpha value is -2.17. The van der Waals surface area contributed by atoms with E-state index in [1.165, 1.54) is 16.9 Å². The summed E-state index contributed by atoms with van der Waals surface area (Å²) in [5, 5.41) is 3.15. The molecule has 25 heavy (non-hydrogen) atoms. The lowest BCUT2D eigenvalue weighted by Crippen LogP contribution is -2.44. The minimum Gasteiger partial charge on any atom is -0.353 e. The van der Waals surface area contributed by atoms with Crippen molar-refractivity contribution in [2.24, 2.45) is 5.92 Å². The SMILES string of the molecule is O=C(CCN1C(=O)CCC1=O)N[C@@H]1CCCC[C@@H]1Cc1ccccc1. The zero-order valence-corrected chi connectivity index (χ0v) is 14.6. The summed E-state index contributed by atoms with van der Waals surface area (Å²) in [6.07, 6.45) is 6.22. The molecule has 1 aliphatic heterocycles. The Morgan fingerprint density at radius 3 is 2.44 bits per heavy atom. The Morgan fingerprint density at radius 1 is 1.04 bits per heavy atom. The summed E-state index contributed by atoms with van der Waals surface area (Å²) in [6, 6.07) is 10.6. The maximum Gasteiger partial charge on any atom is 0.229 e. The van der Waals surface area contributed by atoms with E-state index in [0.29, 0.717) is 5.92 Å². The van der Waals surface area contributed by atoms with Crippen molar-refractivity contribution >= 4 is 17.7 Å². The first-order valence-electron chi connectivity index (χ1n) is 9.30. The predicted octanol–water partition coefficient (Wildman–Crippen LogP) is 2.44. The Bertz CT molecular complexity index is 613. The average molecular weight is 342 g/mol. The van der Waals surface area contributed by atoms with Crippen LogP contribution in [0.5, 0.6) is 0 Å². The Morgan fingerprint density at radius 2 is 1.72 bits per heavy atom. The molecule has 2 fully saturated rings. The van der Waals surface area contributed by atoms with Crippen molar-refractivity contribution in [1.29, 1.82) is 0 Å². The fourth-order valence-corrected chi connectivity index (χ4v) is 3.92. The molecule has 1 heterocycles. The lowest BCUT2D eigenvalue weighted by molar-refractivity contribution is -0.138. The van der Waals surface area contributed by atoms with Gasteiger partial charge in [-0.15, -0.1) is 0 Å². The number of carbonyl (C=O) groups is 3. The Labute approximate surface area is 148 Å². The highest BCUT2D eigenvalue weighted by Crippen LogP contribution is 2.27. The van der Waals surface area contributed by atoms with E-state index < -0.39 is 0 Å². The second-order valence-corrected chi connectivity index (χ2v) is 7.10. The molecule has 134 valence electrons. The van der Waals surface area contributed by atoms with Crippen LogP contribution in [-0.4, -0.2) is 35.2 Å². The standard InChI is InChI=1S/C20H26N2O3/c23-18(12-13-22-19(24)10-11-20(22)25)21-17-9-5-4-8-16(17)14-15-6-2-1-3-7-15/h1-3,6-7,16-17H,4-5,8-14H2,(H,21,23)/t16-,17-/m1/s1. The van der Waals surface area contributed by atoms with Gasteiger partial charge in [-0.2, -0.15) is 0 Å². The molecule has 0 unspecified atom stereocenters. The van der Waals surface area contributed by atoms with Crippen LogP contribution in [0.4, 0.5) is 0 Å². The van der Waals surface area contributed by atoms with Crippen LogP contribution < -0.4 is 5.32 Å². The fraction of sp³-hybridized carbons (Fsp3) is 0.550. The third-order valence-corrected chi connectivity index (χ3v) is 5.31. The number of amides is 3. The van der Waals surface area contributed by atoms with Gasteiger partial charge in [-0.05, 0) is 30.7 Å². The number of rotatable bonds is 6. The van der Waals surface area contributed by atoms with Crippen molar-refractivity contribution in [2.45, 2.75) is 57.4 Å². The van der Waals surface area contributed by atoms with E-state index in [1.54, 1.807) is 0 Å². The van der Waals surface area contributed by atoms with Crippen LogP contribution in [0, 0.1) is 5.92 Å². The van der Waals surface area contributed by atoms with Gasteiger partial charge in [-0.3, -0.25) is 19.3 Å². The minimum absolute atomic E-state index is 0.0579. The highest BCUT2D eigenvalue weighted by molar-refractivity contribution is 6.02. The maximum absolute atomic E-state index is 12.3. The molecular formula is C20H26N2O3. The molecule has 1 saturated heterocycles. The van der Waals surface area contributed by atoms with Gasteiger partial charge in [0.1, 0.15) is 0 Å². The van der Waals surface area contributed by atoms with E-state index in [0.717, 1.165) is 25.7 Å². The van der Waals surface area contributed by atoms with Gasteiger partial charge in [0.2, 0.25) is 17.7 Å². The van der Waals surface area contributed by atoms with E-state index >= 15 is 0 Å². The number of imide groups is 1. The number of likely N-dealkylation sites (tertiary alicyclic amines) is 1. The van der Waals surface area contributed by atoms with Crippen molar-refractivity contribution in [2.75, 3.05) is 6.54 Å². The quantitative estimate of drug-likeness (QED) is 0.808. The monoisotopic (exact) mass is 342 g/mol. The highest BCUT2D eigenvalue weighted by Gasteiger charge is 2.30. The fourth-order valence-electron chi connectivity index (χ4n) is 3.92. The summed E-state index contributed by atoms with van der Waals surface area (Å²) in [5.41, 5.74) is 1.31. The molecule has 2 atom stereocenters. The number of hydrogen-bond acceptors (Lipinski definition) is 3. The third kappa shape index (κ3) is 4.68. The lowest BCUT2D eigenvalue weighted by atomic mass is 9.80. The summed E-state index contributed by atoms with van der Waals surface area (Å²) in [5.74, 6) is 0.0856. The molecule has 1 N–H and O–H groups in total. The molecule has 0 spiro atoms. The number of nitrogens with one attached hydrogen (secondary N) is 1. The van der Waals surface area contributed by atoms with Crippen LogP contribution in [0.15, 0.2) is 30.3 Å². The molecule has 0 aromatic heterocycles. The van der Waals surface area contributed by atoms with Gasteiger partial charge < -0.3 is 5.32 Å². The molecule has 1 aliphatic carbocycles. The van der Waals surface area contributed by atoms with Gasteiger partial charge in [0.15, 0.2) is 0 Å². The van der Waals surface area contributed by atoms with E-state index in [1.807, 2.05) is 6.07 Å². The van der Waals surface area contributed by atoms with Crippen LogP contribution in [-0.2, 0) is 20.8 Å². The first kappa shape index (κ1) is 17.6. The summed E-state index contributed by atoms with van der Waals surface area (Å²) >= 11 is 0. The van der Waals surface area contributed by atoms with Crippen LogP contribution in [0.3, 0.4) is 0 Å². The lowest BCUT2D eigenvalue weighted by Gasteiger charge is -2.32. The molecule has 5 nitrogen and oxygen atoms in total. The zero-order valence-electron chi connectivity index (χ0n) is 14.6. The van der Waals surface area contributed by atoms with Crippen molar-refractivity contribution in [3.05, 3.63) is 35.9 Å². The van der Waals surface area contributed by atoms with Crippen LogP contribution in [0.25, 0.3) is 0 Å². The molecule has 0 bridgehead atoms. The molecule has 2 aliphatic rings. The largest absolute Gasteiger partial charge is 0.353 e. The number of hydrogen-bond donors (Lipinski definition) is 1. The van der Waals surface area contributed by atoms with Gasteiger partial charge >= 0.3 is 0 Å². The summed E-state index contributed by atoms with van der Waals surface area (Å²) in [7, 11) is 0. The minimum atomic E-state index is -0.155. The molecule has 3 rings (SSSR count). The normalized spacial score (nSPS) is 23.8. The molecule has 0 radical (unpaired) electrons. The van der Waals surface area contributed by atoms with Crippen LogP contribution >= 0.6 is 0 Å². The summed E-state index contributed by atoms with van der Waals surface area (Å²) in [6.45, 7) is 0.208. The molecule has 5 heteroatoms. The van der Waals surface area contributed by atoms with Crippen molar-refractivity contribution in [3.8, 4) is 0 Å². The molecule has 3 amide bonds. The van der Waals surface area contributed by atoms with Gasteiger partial charge in [0.25, 0.3) is 0 Å². The smallest absolute Gasteiger partial charge is 0.229 e. The number of carbonyl (C=O) groups excluding carboxylic acids is 3. The molecule has 1 aromatic carbocycles. The van der Waals surface area contributed by atoms with Gasteiger partial charge in [-0.25, -0.2) is 0 Å². The van der Waals surface area contributed by atoms with E-state index in [9.17, 15) is 14.4 Å². The van der Waals surface area contributed by atoms with Crippen molar-refractivity contribution in [3.63, 3.8) is 0 Å². The first-order chi connectivity index (χ1) is 12.1. The zero-order chi connectivity index (χ0) is 17.6. The second kappa shape index (κ2) is 8.28. The molecule has 1 saturated carbocycles. The van der Waals surface area contributed by atoms with Crippen molar-refractivity contribution < 1.29 is 14.4 Å². The summed E-state index contributed by atoms with van der Waals surface area (Å²) < 4.78 is 0.